The van der Waals surface area contributed by atoms with Gasteiger partial charge in [-0.2, -0.15) is 0 Å². The summed E-state index contributed by atoms with van der Waals surface area (Å²) in [6.07, 6.45) is 2.98. The summed E-state index contributed by atoms with van der Waals surface area (Å²) in [6.45, 7) is 2.35. The lowest BCUT2D eigenvalue weighted by Gasteiger charge is -2.20. The zero-order chi connectivity index (χ0) is 22.4. The Morgan fingerprint density at radius 2 is 1.87 bits per heavy atom. The zero-order valence-electron chi connectivity index (χ0n) is 17.7. The van der Waals surface area contributed by atoms with E-state index in [0.717, 1.165) is 0 Å². The number of carbonyl (C=O) groups excluding carboxylic acids is 2. The molecule has 0 saturated heterocycles. The van der Waals surface area contributed by atoms with Crippen LogP contribution in [0.25, 0.3) is 5.65 Å². The second-order valence-electron chi connectivity index (χ2n) is 6.97. The quantitative estimate of drug-likeness (QED) is 0.366. The number of halogens is 1. The van der Waals surface area contributed by atoms with Gasteiger partial charge in [-0.15, -0.1) is 0 Å². The molecule has 2 aromatic heterocycles. The fourth-order valence-electron chi connectivity index (χ4n) is 3.02. The number of benzene rings is 1. The maximum Gasteiger partial charge on any atom is 0.242 e. The second kappa shape index (κ2) is 9.92. The lowest BCUT2D eigenvalue weighted by Crippen LogP contribution is -2.36. The molecule has 3 rings (SSSR count). The van der Waals surface area contributed by atoms with Gasteiger partial charge in [0.1, 0.15) is 37.1 Å². The van der Waals surface area contributed by atoms with Gasteiger partial charge in [-0.05, 0) is 42.8 Å². The molecular formula is C22H25FN4O4. The standard InChI is InChI=1S/C22H25FN4O4/c1-4-18-22(26(15-28)14-20(29)25(2)3)27-11-5-6-19(21(27)24-18)31-13-12-30-17-9-7-16(23)8-10-17/h5-11,15H,4,12-14H2,1-3H3. The van der Waals surface area contributed by atoms with Crippen molar-refractivity contribution in [3.05, 3.63) is 54.1 Å². The lowest BCUT2D eigenvalue weighted by molar-refractivity contribution is -0.128. The number of ether oxygens (including phenoxy) is 2. The van der Waals surface area contributed by atoms with Crippen LogP contribution in [0.4, 0.5) is 10.2 Å². The van der Waals surface area contributed by atoms with Gasteiger partial charge in [-0.1, -0.05) is 6.92 Å². The van der Waals surface area contributed by atoms with E-state index < -0.39 is 0 Å². The van der Waals surface area contributed by atoms with Crippen LogP contribution in [-0.2, 0) is 16.0 Å². The Morgan fingerprint density at radius 3 is 2.52 bits per heavy atom. The minimum Gasteiger partial charge on any atom is -0.490 e. The number of rotatable bonds is 10. The van der Waals surface area contributed by atoms with Gasteiger partial charge < -0.3 is 14.4 Å². The van der Waals surface area contributed by atoms with Crippen molar-refractivity contribution in [3.63, 3.8) is 0 Å². The fourth-order valence-corrected chi connectivity index (χ4v) is 3.02. The summed E-state index contributed by atoms with van der Waals surface area (Å²) in [5, 5.41) is 0. The van der Waals surface area contributed by atoms with Crippen molar-refractivity contribution >= 4 is 23.8 Å². The number of aryl methyl sites for hydroxylation is 1. The van der Waals surface area contributed by atoms with Gasteiger partial charge in [-0.25, -0.2) is 9.37 Å². The molecule has 0 saturated carbocycles. The maximum absolute atomic E-state index is 13.0. The van der Waals surface area contributed by atoms with Crippen molar-refractivity contribution in [2.75, 3.05) is 38.8 Å². The number of hydrogen-bond donors (Lipinski definition) is 0. The van der Waals surface area contributed by atoms with E-state index in [0.29, 0.717) is 41.5 Å². The molecule has 9 heteroatoms. The minimum atomic E-state index is -0.325. The first kappa shape index (κ1) is 22.1. The van der Waals surface area contributed by atoms with E-state index in [1.54, 1.807) is 49.0 Å². The molecule has 0 aliphatic carbocycles. The highest BCUT2D eigenvalue weighted by atomic mass is 19.1. The summed E-state index contributed by atoms with van der Waals surface area (Å²) in [7, 11) is 3.28. The van der Waals surface area contributed by atoms with E-state index in [1.165, 1.54) is 21.9 Å². The Kier molecular flexibility index (Phi) is 7.07. The second-order valence-corrected chi connectivity index (χ2v) is 6.97. The summed E-state index contributed by atoms with van der Waals surface area (Å²) < 4.78 is 26.1. The number of imidazole rings is 1. The predicted octanol–water partition coefficient (Wildman–Crippen LogP) is 2.54. The molecule has 0 radical (unpaired) electrons. The van der Waals surface area contributed by atoms with Crippen molar-refractivity contribution < 1.29 is 23.5 Å². The van der Waals surface area contributed by atoms with E-state index >= 15 is 0 Å². The van der Waals surface area contributed by atoms with E-state index in [1.807, 2.05) is 6.92 Å². The van der Waals surface area contributed by atoms with E-state index in [4.69, 9.17) is 9.47 Å². The molecule has 0 bridgehead atoms. The number of amides is 2. The number of likely N-dealkylation sites (N-methyl/N-ethyl adjacent to an activating group) is 1. The van der Waals surface area contributed by atoms with Crippen molar-refractivity contribution in [2.45, 2.75) is 13.3 Å². The average Bonchev–Trinajstić information content (AvgIpc) is 3.15. The number of pyridine rings is 1. The minimum absolute atomic E-state index is 0.0894. The van der Waals surface area contributed by atoms with Gasteiger partial charge in [0.05, 0.1) is 5.69 Å². The van der Waals surface area contributed by atoms with Gasteiger partial charge >= 0.3 is 0 Å². The van der Waals surface area contributed by atoms with Crippen LogP contribution in [0.2, 0.25) is 0 Å². The summed E-state index contributed by atoms with van der Waals surface area (Å²) >= 11 is 0. The third-order valence-electron chi connectivity index (χ3n) is 4.62. The molecule has 0 atom stereocenters. The van der Waals surface area contributed by atoms with Crippen molar-refractivity contribution in [3.8, 4) is 11.5 Å². The van der Waals surface area contributed by atoms with Crippen molar-refractivity contribution in [1.29, 1.82) is 0 Å². The molecule has 8 nitrogen and oxygen atoms in total. The molecule has 3 aromatic rings. The van der Waals surface area contributed by atoms with Crippen molar-refractivity contribution in [1.82, 2.24) is 14.3 Å². The Hall–Kier alpha value is -3.62. The molecule has 0 aliphatic rings. The first-order valence-corrected chi connectivity index (χ1v) is 9.87. The van der Waals surface area contributed by atoms with E-state index in [-0.39, 0.29) is 31.5 Å². The number of aromatic nitrogens is 2. The molecule has 0 N–H and O–H groups in total. The van der Waals surface area contributed by atoms with Gasteiger partial charge in [0.2, 0.25) is 12.3 Å². The number of anilines is 1. The molecule has 0 aliphatic heterocycles. The van der Waals surface area contributed by atoms with E-state index in [2.05, 4.69) is 4.98 Å². The zero-order valence-corrected chi connectivity index (χ0v) is 17.7. The molecular weight excluding hydrogens is 403 g/mol. The van der Waals surface area contributed by atoms with Gasteiger partial charge in [-0.3, -0.25) is 18.9 Å². The monoisotopic (exact) mass is 428 g/mol. The highest BCUT2D eigenvalue weighted by Gasteiger charge is 2.22. The Labute approximate surface area is 179 Å². The van der Waals surface area contributed by atoms with Crippen LogP contribution in [0.3, 0.4) is 0 Å². The van der Waals surface area contributed by atoms with Gasteiger partial charge in [0.25, 0.3) is 0 Å². The molecule has 31 heavy (non-hydrogen) atoms. The van der Waals surface area contributed by atoms with Gasteiger partial charge in [0.15, 0.2) is 11.4 Å². The summed E-state index contributed by atoms with van der Waals surface area (Å²) in [5.41, 5.74) is 1.22. The van der Waals surface area contributed by atoms with Crippen molar-refractivity contribution in [2.24, 2.45) is 0 Å². The normalized spacial score (nSPS) is 10.7. The Morgan fingerprint density at radius 1 is 1.16 bits per heavy atom. The van der Waals surface area contributed by atoms with Crippen LogP contribution in [0, 0.1) is 5.82 Å². The van der Waals surface area contributed by atoms with Crippen LogP contribution in [0.15, 0.2) is 42.6 Å². The molecule has 0 unspecified atom stereocenters. The van der Waals surface area contributed by atoms with Crippen LogP contribution in [-0.4, -0.2) is 60.5 Å². The summed E-state index contributed by atoms with van der Waals surface area (Å²) in [4.78, 5) is 31.3. The predicted molar refractivity (Wildman–Crippen MR) is 114 cm³/mol. The first-order chi connectivity index (χ1) is 14.9. The molecule has 2 amide bonds. The van der Waals surface area contributed by atoms with Crippen LogP contribution >= 0.6 is 0 Å². The third kappa shape index (κ3) is 5.11. The molecule has 2 heterocycles. The molecule has 0 spiro atoms. The topological polar surface area (TPSA) is 76.4 Å². The van der Waals surface area contributed by atoms with Gasteiger partial charge in [0, 0.05) is 20.3 Å². The average molecular weight is 428 g/mol. The number of fused-ring (bicyclic) bond motifs is 1. The SMILES string of the molecule is CCc1nc2c(OCCOc3ccc(F)cc3)cccn2c1N(C=O)CC(=O)N(C)C. The van der Waals surface area contributed by atoms with Crippen LogP contribution < -0.4 is 14.4 Å². The fraction of sp³-hybridized carbons (Fsp3) is 0.318. The van der Waals surface area contributed by atoms with E-state index in [9.17, 15) is 14.0 Å². The first-order valence-electron chi connectivity index (χ1n) is 9.87. The Balaban J connectivity index is 1.78. The molecule has 1 aromatic carbocycles. The van der Waals surface area contributed by atoms with Crippen LogP contribution in [0.1, 0.15) is 12.6 Å². The maximum atomic E-state index is 13.0. The molecule has 164 valence electrons. The highest BCUT2D eigenvalue weighted by molar-refractivity contribution is 5.89. The third-order valence-corrected chi connectivity index (χ3v) is 4.62. The largest absolute Gasteiger partial charge is 0.490 e. The summed E-state index contributed by atoms with van der Waals surface area (Å²) in [6, 6.07) is 9.31. The smallest absolute Gasteiger partial charge is 0.242 e. The lowest BCUT2D eigenvalue weighted by atomic mass is 10.3. The number of hydrogen-bond acceptors (Lipinski definition) is 5. The number of nitrogens with zero attached hydrogens (tertiary/aromatic N) is 4. The van der Waals surface area contributed by atoms with Crippen LogP contribution in [0.5, 0.6) is 11.5 Å². The Bertz CT molecular complexity index is 1050. The molecule has 0 fully saturated rings. The summed E-state index contributed by atoms with van der Waals surface area (Å²) in [5.74, 6) is 1.08. The highest BCUT2D eigenvalue weighted by Crippen LogP contribution is 2.28. The number of carbonyl (C=O) groups is 2.